The molecule has 246 valence electrons. The van der Waals surface area contributed by atoms with Crippen molar-refractivity contribution in [2.45, 2.75) is 75.6 Å². The molecule has 9 nitrogen and oxygen atoms in total. The van der Waals surface area contributed by atoms with Gasteiger partial charge in [-0.25, -0.2) is 0 Å². The summed E-state index contributed by atoms with van der Waals surface area (Å²) in [4.78, 5) is 16.0. The van der Waals surface area contributed by atoms with Crippen molar-refractivity contribution < 1.29 is 28.5 Å². The van der Waals surface area contributed by atoms with Gasteiger partial charge in [0.2, 0.25) is 0 Å². The zero-order valence-electron chi connectivity index (χ0n) is 27.0. The van der Waals surface area contributed by atoms with Crippen LogP contribution in [-0.2, 0) is 30.3 Å². The van der Waals surface area contributed by atoms with E-state index in [1.165, 1.54) is 24.0 Å². The topological polar surface area (TPSA) is 81.7 Å². The first-order chi connectivity index (χ1) is 22.2. The summed E-state index contributed by atoms with van der Waals surface area (Å²) in [7, 11) is 3.57. The standard InChI is InChI=1S/C36H51N3O6/c1-41-20-5-16-38-18-21-43-31-14-7-26(22-30(31)38)25-44-32-23-37-24-33(45-34-6-3-4-15-39(34)17-19-40)35(32)27-8-10-28(11-9-27)36(42-2)29-12-13-29/h7-11,14,19,22,29,32-37H,3-6,12-13,15-18,20-21,23-25H2,1-2H3/t32-,33+,34?,35+,36?/m0/s1. The SMILES string of the molecule is COCCCN1CCOc2ccc(CO[C@H]3CNC[C@@H](OC4CCCCN4CC=O)[C@@H]3c3ccc(C(OC)C4CC4)cc3)cc21. The van der Waals surface area contributed by atoms with Crippen LogP contribution >= 0.6 is 0 Å². The number of hydrogen-bond donors (Lipinski definition) is 1. The minimum Gasteiger partial charge on any atom is -0.490 e. The third kappa shape index (κ3) is 8.07. The number of likely N-dealkylation sites (tertiary alicyclic amines) is 1. The number of fused-ring (bicyclic) bond motifs is 1. The van der Waals surface area contributed by atoms with Crippen LogP contribution < -0.4 is 15.0 Å². The fourth-order valence-corrected chi connectivity index (χ4v) is 7.36. The number of hydrogen-bond acceptors (Lipinski definition) is 9. The Morgan fingerprint density at radius 3 is 2.64 bits per heavy atom. The summed E-state index contributed by atoms with van der Waals surface area (Å²) < 4.78 is 30.8. The summed E-state index contributed by atoms with van der Waals surface area (Å²) in [5, 5.41) is 3.61. The van der Waals surface area contributed by atoms with Crippen molar-refractivity contribution in [2.24, 2.45) is 5.92 Å². The van der Waals surface area contributed by atoms with Gasteiger partial charge in [0, 0.05) is 52.9 Å². The van der Waals surface area contributed by atoms with Gasteiger partial charge in [0.25, 0.3) is 0 Å². The molecule has 3 aliphatic heterocycles. The Bertz CT molecular complexity index is 1220. The van der Waals surface area contributed by atoms with Gasteiger partial charge in [-0.1, -0.05) is 30.3 Å². The molecule has 3 heterocycles. The van der Waals surface area contributed by atoms with E-state index in [2.05, 4.69) is 57.6 Å². The van der Waals surface area contributed by atoms with Crippen molar-refractivity contribution >= 4 is 12.0 Å². The van der Waals surface area contributed by atoms with Gasteiger partial charge in [0.1, 0.15) is 24.9 Å². The Hall–Kier alpha value is -2.53. The van der Waals surface area contributed by atoms with Crippen LogP contribution in [0.4, 0.5) is 5.69 Å². The lowest BCUT2D eigenvalue weighted by Gasteiger charge is -2.43. The van der Waals surface area contributed by atoms with E-state index < -0.39 is 0 Å². The second-order valence-corrected chi connectivity index (χ2v) is 13.0. The number of anilines is 1. The fourth-order valence-electron chi connectivity index (χ4n) is 7.36. The summed E-state index contributed by atoms with van der Waals surface area (Å²) in [6, 6.07) is 15.4. The number of carbonyl (C=O) groups excluding carboxylic acids is 1. The third-order valence-electron chi connectivity index (χ3n) is 9.86. The number of benzene rings is 2. The van der Waals surface area contributed by atoms with Crippen molar-refractivity contribution in [3.63, 3.8) is 0 Å². The summed E-state index contributed by atoms with van der Waals surface area (Å²) in [5.74, 6) is 1.61. The van der Waals surface area contributed by atoms with E-state index in [4.69, 9.17) is 23.7 Å². The molecule has 0 amide bonds. The van der Waals surface area contributed by atoms with Crippen LogP contribution in [0.1, 0.15) is 67.2 Å². The predicted molar refractivity (Wildman–Crippen MR) is 174 cm³/mol. The van der Waals surface area contributed by atoms with Crippen molar-refractivity contribution in [3.05, 3.63) is 59.2 Å². The van der Waals surface area contributed by atoms with Crippen LogP contribution in [-0.4, -0.2) is 96.3 Å². The Labute approximate surface area is 268 Å². The highest BCUT2D eigenvalue weighted by Gasteiger charge is 2.39. The maximum Gasteiger partial charge on any atom is 0.142 e. The van der Waals surface area contributed by atoms with E-state index in [1.807, 2.05) is 7.11 Å². The van der Waals surface area contributed by atoms with Crippen LogP contribution in [0.5, 0.6) is 5.75 Å². The molecular weight excluding hydrogens is 570 g/mol. The molecule has 0 aromatic heterocycles. The zero-order chi connectivity index (χ0) is 31.0. The van der Waals surface area contributed by atoms with Crippen LogP contribution in [0.25, 0.3) is 0 Å². The van der Waals surface area contributed by atoms with Gasteiger partial charge in [0.05, 0.1) is 43.7 Å². The predicted octanol–water partition coefficient (Wildman–Crippen LogP) is 4.69. The molecule has 6 rings (SSSR count). The molecule has 4 aliphatic rings. The first-order valence-electron chi connectivity index (χ1n) is 17.0. The average molecular weight is 622 g/mol. The lowest BCUT2D eigenvalue weighted by Crippen LogP contribution is -2.54. The molecule has 1 aliphatic carbocycles. The first kappa shape index (κ1) is 32.4. The van der Waals surface area contributed by atoms with Crippen molar-refractivity contribution in [2.75, 3.05) is 71.6 Å². The van der Waals surface area contributed by atoms with Crippen LogP contribution in [0.3, 0.4) is 0 Å². The number of piperidine rings is 2. The molecular formula is C36H51N3O6. The second kappa shape index (κ2) is 15.8. The highest BCUT2D eigenvalue weighted by Crippen LogP contribution is 2.43. The molecule has 45 heavy (non-hydrogen) atoms. The average Bonchev–Trinajstić information content (AvgIpc) is 3.91. The van der Waals surface area contributed by atoms with Gasteiger partial charge in [-0.3, -0.25) is 4.90 Å². The van der Waals surface area contributed by atoms with Crippen molar-refractivity contribution in [1.82, 2.24) is 10.2 Å². The Morgan fingerprint density at radius 2 is 1.87 bits per heavy atom. The molecule has 0 spiro atoms. The molecule has 0 bridgehead atoms. The number of aldehydes is 1. The zero-order valence-corrected chi connectivity index (χ0v) is 27.0. The minimum atomic E-state index is -0.0817. The lowest BCUT2D eigenvalue weighted by molar-refractivity contribution is -0.148. The molecule has 3 fully saturated rings. The van der Waals surface area contributed by atoms with E-state index in [0.29, 0.717) is 25.7 Å². The van der Waals surface area contributed by atoms with Crippen LogP contribution in [0, 0.1) is 5.92 Å². The highest BCUT2D eigenvalue weighted by atomic mass is 16.5. The van der Waals surface area contributed by atoms with Gasteiger partial charge in [-0.05, 0) is 73.3 Å². The molecule has 5 atom stereocenters. The molecule has 2 saturated heterocycles. The number of nitrogens with one attached hydrogen (secondary N) is 1. The Balaban J connectivity index is 1.21. The molecule has 9 heteroatoms. The van der Waals surface area contributed by atoms with Crippen molar-refractivity contribution in [1.29, 1.82) is 0 Å². The van der Waals surface area contributed by atoms with Gasteiger partial charge in [-0.2, -0.15) is 0 Å². The molecule has 2 aromatic carbocycles. The van der Waals surface area contributed by atoms with Crippen LogP contribution in [0.15, 0.2) is 42.5 Å². The largest absolute Gasteiger partial charge is 0.490 e. The molecule has 2 unspecified atom stereocenters. The van der Waals surface area contributed by atoms with Gasteiger partial charge in [0.15, 0.2) is 0 Å². The van der Waals surface area contributed by atoms with Crippen LogP contribution in [0.2, 0.25) is 0 Å². The van der Waals surface area contributed by atoms with Gasteiger partial charge in [-0.15, -0.1) is 0 Å². The molecule has 2 aromatic rings. The van der Waals surface area contributed by atoms with E-state index in [-0.39, 0.29) is 30.5 Å². The molecule has 0 radical (unpaired) electrons. The smallest absolute Gasteiger partial charge is 0.142 e. The number of rotatable bonds is 15. The van der Waals surface area contributed by atoms with Crippen molar-refractivity contribution in [3.8, 4) is 5.75 Å². The molecule has 1 N–H and O–H groups in total. The van der Waals surface area contributed by atoms with E-state index in [1.54, 1.807) is 7.11 Å². The highest BCUT2D eigenvalue weighted by molar-refractivity contribution is 5.61. The van der Waals surface area contributed by atoms with E-state index >= 15 is 0 Å². The van der Waals surface area contributed by atoms with Gasteiger partial charge < -0.3 is 38.7 Å². The number of methoxy groups -OCH3 is 2. The number of carbonyl (C=O) groups is 1. The third-order valence-corrected chi connectivity index (χ3v) is 9.86. The maximum atomic E-state index is 11.5. The second-order valence-electron chi connectivity index (χ2n) is 13.0. The lowest BCUT2D eigenvalue weighted by atomic mass is 9.84. The minimum absolute atomic E-state index is 0.0498. The number of ether oxygens (including phenoxy) is 5. The summed E-state index contributed by atoms with van der Waals surface area (Å²) in [6.07, 6.45) is 7.54. The normalized spacial score (nSPS) is 26.2. The van der Waals surface area contributed by atoms with E-state index in [0.717, 1.165) is 88.3 Å². The summed E-state index contributed by atoms with van der Waals surface area (Å²) in [6.45, 7) is 6.55. The summed E-state index contributed by atoms with van der Waals surface area (Å²) >= 11 is 0. The Kier molecular flexibility index (Phi) is 11.4. The number of nitrogens with zero attached hydrogens (tertiary/aromatic N) is 2. The Morgan fingerprint density at radius 1 is 1.02 bits per heavy atom. The van der Waals surface area contributed by atoms with Gasteiger partial charge >= 0.3 is 0 Å². The summed E-state index contributed by atoms with van der Waals surface area (Å²) in [5.41, 5.74) is 4.72. The monoisotopic (exact) mass is 621 g/mol. The fraction of sp³-hybridized carbons (Fsp3) is 0.639. The van der Waals surface area contributed by atoms with E-state index in [9.17, 15) is 4.79 Å². The first-order valence-corrected chi connectivity index (χ1v) is 17.0. The molecule has 1 saturated carbocycles. The maximum absolute atomic E-state index is 11.5. The quantitative estimate of drug-likeness (QED) is 0.225.